The molecule has 0 fully saturated rings. The summed E-state index contributed by atoms with van der Waals surface area (Å²) in [7, 11) is 0. The zero-order chi connectivity index (χ0) is 19.4. The zero-order valence-corrected chi connectivity index (χ0v) is 14.7. The quantitative estimate of drug-likeness (QED) is 0.733. The standard InChI is InChI=1S/C21H18F2N2O2/c1-2-25(13-19(26)24-20-17(22)8-5-9-18(20)23)21(27)16-11-10-14-6-3-4-7-15(14)12-16/h3-12H,2,13H2,1H3,(H,24,26). The van der Waals surface area contributed by atoms with Crippen LogP contribution in [0.3, 0.4) is 0 Å². The largest absolute Gasteiger partial charge is 0.330 e. The lowest BCUT2D eigenvalue weighted by molar-refractivity contribution is -0.116. The van der Waals surface area contributed by atoms with Crippen molar-refractivity contribution in [2.24, 2.45) is 0 Å². The van der Waals surface area contributed by atoms with Gasteiger partial charge in [-0.15, -0.1) is 0 Å². The number of nitrogens with one attached hydrogen (secondary N) is 1. The molecule has 3 aromatic carbocycles. The van der Waals surface area contributed by atoms with Gasteiger partial charge in [0.1, 0.15) is 23.9 Å². The molecule has 0 heterocycles. The van der Waals surface area contributed by atoms with Gasteiger partial charge in [-0.3, -0.25) is 9.59 Å². The van der Waals surface area contributed by atoms with E-state index in [1.54, 1.807) is 19.1 Å². The molecule has 0 aromatic heterocycles. The molecule has 0 bridgehead atoms. The minimum Gasteiger partial charge on any atom is -0.330 e. The number of hydrogen-bond acceptors (Lipinski definition) is 2. The number of carbonyl (C=O) groups excluding carboxylic acids is 2. The van der Waals surface area contributed by atoms with Crippen molar-refractivity contribution in [3.8, 4) is 0 Å². The average Bonchev–Trinajstić information content (AvgIpc) is 2.68. The number of likely N-dealkylation sites (N-methyl/N-ethyl adjacent to an activating group) is 1. The SMILES string of the molecule is CCN(CC(=O)Nc1c(F)cccc1F)C(=O)c1ccc2ccccc2c1. The molecule has 1 N–H and O–H groups in total. The normalized spacial score (nSPS) is 10.6. The fraction of sp³-hybridized carbons (Fsp3) is 0.143. The van der Waals surface area contributed by atoms with Gasteiger partial charge in [0.05, 0.1) is 0 Å². The molecule has 0 unspecified atom stereocenters. The predicted molar refractivity (Wildman–Crippen MR) is 101 cm³/mol. The molecule has 0 aliphatic carbocycles. The molecular formula is C21H18F2N2O2. The van der Waals surface area contributed by atoms with Crippen LogP contribution in [-0.2, 0) is 4.79 Å². The van der Waals surface area contributed by atoms with Crippen LogP contribution in [0.1, 0.15) is 17.3 Å². The highest BCUT2D eigenvalue weighted by atomic mass is 19.1. The van der Waals surface area contributed by atoms with Gasteiger partial charge in [-0.05, 0) is 42.0 Å². The predicted octanol–water partition coefficient (Wildman–Crippen LogP) is 4.22. The Morgan fingerprint density at radius 1 is 0.926 bits per heavy atom. The molecule has 0 aliphatic heterocycles. The Hall–Kier alpha value is -3.28. The van der Waals surface area contributed by atoms with Gasteiger partial charge in [0, 0.05) is 12.1 Å². The third kappa shape index (κ3) is 4.11. The summed E-state index contributed by atoms with van der Waals surface area (Å²) in [5.74, 6) is -2.73. The second kappa shape index (κ2) is 7.95. The number of halogens is 2. The molecule has 0 spiro atoms. The highest BCUT2D eigenvalue weighted by Crippen LogP contribution is 2.19. The van der Waals surface area contributed by atoms with Crippen LogP contribution in [0.4, 0.5) is 14.5 Å². The summed E-state index contributed by atoms with van der Waals surface area (Å²) in [5, 5.41) is 4.12. The highest BCUT2D eigenvalue weighted by molar-refractivity contribution is 6.01. The summed E-state index contributed by atoms with van der Waals surface area (Å²) in [4.78, 5) is 26.3. The van der Waals surface area contributed by atoms with Crippen molar-refractivity contribution < 1.29 is 18.4 Å². The summed E-state index contributed by atoms with van der Waals surface area (Å²) in [6, 6.07) is 16.2. The Bertz CT molecular complexity index is 984. The van der Waals surface area contributed by atoms with Gasteiger partial charge in [-0.1, -0.05) is 36.4 Å². The molecule has 6 heteroatoms. The minimum absolute atomic E-state index is 0.277. The van der Waals surface area contributed by atoms with Crippen LogP contribution in [0.25, 0.3) is 10.8 Å². The fourth-order valence-electron chi connectivity index (χ4n) is 2.80. The Labute approximate surface area is 155 Å². The molecular weight excluding hydrogens is 350 g/mol. The van der Waals surface area contributed by atoms with Crippen molar-refractivity contribution in [1.29, 1.82) is 0 Å². The second-order valence-electron chi connectivity index (χ2n) is 6.03. The maximum absolute atomic E-state index is 13.7. The van der Waals surface area contributed by atoms with Crippen LogP contribution >= 0.6 is 0 Å². The summed E-state index contributed by atoms with van der Waals surface area (Å²) >= 11 is 0. The number of amides is 2. The van der Waals surface area contributed by atoms with Crippen LogP contribution < -0.4 is 5.32 Å². The number of fused-ring (bicyclic) bond motifs is 1. The van der Waals surface area contributed by atoms with Crippen LogP contribution in [0.2, 0.25) is 0 Å². The van der Waals surface area contributed by atoms with E-state index in [0.29, 0.717) is 5.56 Å². The number of carbonyl (C=O) groups is 2. The van der Waals surface area contributed by atoms with Crippen LogP contribution in [0, 0.1) is 11.6 Å². The van der Waals surface area contributed by atoms with Crippen molar-refractivity contribution in [2.45, 2.75) is 6.92 Å². The van der Waals surface area contributed by atoms with E-state index < -0.39 is 23.2 Å². The fourth-order valence-corrected chi connectivity index (χ4v) is 2.80. The van der Waals surface area contributed by atoms with E-state index in [9.17, 15) is 18.4 Å². The lowest BCUT2D eigenvalue weighted by atomic mass is 10.1. The maximum Gasteiger partial charge on any atom is 0.254 e. The first-order valence-electron chi connectivity index (χ1n) is 8.51. The van der Waals surface area contributed by atoms with E-state index in [4.69, 9.17) is 0 Å². The lowest BCUT2D eigenvalue weighted by Gasteiger charge is -2.21. The van der Waals surface area contributed by atoms with Crippen LogP contribution in [0.15, 0.2) is 60.7 Å². The van der Waals surface area contributed by atoms with E-state index in [1.165, 1.54) is 11.0 Å². The molecule has 0 saturated carbocycles. The summed E-state index contributed by atoms with van der Waals surface area (Å²) in [6.07, 6.45) is 0. The first-order valence-corrected chi connectivity index (χ1v) is 8.51. The maximum atomic E-state index is 13.7. The third-order valence-corrected chi connectivity index (χ3v) is 4.23. The number of para-hydroxylation sites is 1. The number of rotatable bonds is 5. The Morgan fingerprint density at radius 3 is 2.26 bits per heavy atom. The van der Waals surface area contributed by atoms with Crippen LogP contribution in [-0.4, -0.2) is 29.8 Å². The summed E-state index contributed by atoms with van der Waals surface area (Å²) in [6.45, 7) is 1.70. The van der Waals surface area contributed by atoms with E-state index in [1.807, 2.05) is 30.3 Å². The molecule has 0 radical (unpaired) electrons. The number of hydrogen-bond donors (Lipinski definition) is 1. The summed E-state index contributed by atoms with van der Waals surface area (Å²) in [5.41, 5.74) is -0.0721. The van der Waals surface area contributed by atoms with Crippen LogP contribution in [0.5, 0.6) is 0 Å². The Morgan fingerprint density at radius 2 is 1.59 bits per heavy atom. The van der Waals surface area contributed by atoms with Crippen molar-refractivity contribution >= 4 is 28.3 Å². The van der Waals surface area contributed by atoms with Crippen molar-refractivity contribution in [3.63, 3.8) is 0 Å². The van der Waals surface area contributed by atoms with Crippen molar-refractivity contribution in [1.82, 2.24) is 4.90 Å². The number of anilines is 1. The molecule has 3 rings (SSSR count). The summed E-state index contributed by atoms with van der Waals surface area (Å²) < 4.78 is 27.3. The highest BCUT2D eigenvalue weighted by Gasteiger charge is 2.19. The third-order valence-electron chi connectivity index (χ3n) is 4.23. The molecule has 0 atom stereocenters. The van der Waals surface area contributed by atoms with E-state index >= 15 is 0 Å². The molecule has 0 saturated heterocycles. The smallest absolute Gasteiger partial charge is 0.254 e. The number of benzene rings is 3. The molecule has 0 aliphatic rings. The van der Waals surface area contributed by atoms with E-state index in [2.05, 4.69) is 5.32 Å². The van der Waals surface area contributed by atoms with Crippen molar-refractivity contribution in [3.05, 3.63) is 77.9 Å². The van der Waals surface area contributed by atoms with Gasteiger partial charge >= 0.3 is 0 Å². The first-order chi connectivity index (χ1) is 13.0. The van der Waals surface area contributed by atoms with Gasteiger partial charge in [0.15, 0.2) is 0 Å². The second-order valence-corrected chi connectivity index (χ2v) is 6.03. The van der Waals surface area contributed by atoms with E-state index in [0.717, 1.165) is 22.9 Å². The molecule has 2 amide bonds. The topological polar surface area (TPSA) is 49.4 Å². The van der Waals surface area contributed by atoms with Gasteiger partial charge in [-0.25, -0.2) is 8.78 Å². The molecule has 27 heavy (non-hydrogen) atoms. The molecule has 4 nitrogen and oxygen atoms in total. The Balaban J connectivity index is 1.75. The van der Waals surface area contributed by atoms with Gasteiger partial charge < -0.3 is 10.2 Å². The lowest BCUT2D eigenvalue weighted by Crippen LogP contribution is -2.38. The number of nitrogens with zero attached hydrogens (tertiary/aromatic N) is 1. The Kier molecular flexibility index (Phi) is 5.45. The molecule has 138 valence electrons. The monoisotopic (exact) mass is 368 g/mol. The van der Waals surface area contributed by atoms with E-state index in [-0.39, 0.29) is 19.0 Å². The van der Waals surface area contributed by atoms with Gasteiger partial charge in [0.25, 0.3) is 5.91 Å². The minimum atomic E-state index is -0.868. The molecule has 3 aromatic rings. The average molecular weight is 368 g/mol. The first kappa shape index (κ1) is 18.5. The van der Waals surface area contributed by atoms with Gasteiger partial charge in [-0.2, -0.15) is 0 Å². The van der Waals surface area contributed by atoms with Gasteiger partial charge in [0.2, 0.25) is 5.91 Å². The zero-order valence-electron chi connectivity index (χ0n) is 14.7. The van der Waals surface area contributed by atoms with Crippen molar-refractivity contribution in [2.75, 3.05) is 18.4 Å².